The molecule has 0 aliphatic rings. The molecule has 0 aliphatic carbocycles. The van der Waals surface area contributed by atoms with Gasteiger partial charge in [0.25, 0.3) is 0 Å². The van der Waals surface area contributed by atoms with Crippen molar-refractivity contribution in [3.05, 3.63) is 48.5 Å². The van der Waals surface area contributed by atoms with Gasteiger partial charge in [-0.3, -0.25) is 0 Å². The number of hydrogen-bond donors (Lipinski definition) is 2. The minimum Gasteiger partial charge on any atom is -0.504 e. The highest BCUT2D eigenvalue weighted by Crippen LogP contribution is 2.36. The molecule has 0 unspecified atom stereocenters. The van der Waals surface area contributed by atoms with E-state index in [4.69, 9.17) is 9.84 Å². The maximum atomic E-state index is 10.1. The van der Waals surface area contributed by atoms with Gasteiger partial charge in [0.2, 0.25) is 0 Å². The number of ether oxygens (including phenoxy) is 1. The van der Waals surface area contributed by atoms with Gasteiger partial charge in [0.15, 0.2) is 11.5 Å². The van der Waals surface area contributed by atoms with Gasteiger partial charge in [0.05, 0.1) is 6.61 Å². The Kier molecular flexibility index (Phi) is 3.62. The zero-order chi connectivity index (χ0) is 12.1. The minimum absolute atomic E-state index is 0.0744. The van der Waals surface area contributed by atoms with E-state index in [1.165, 1.54) is 0 Å². The van der Waals surface area contributed by atoms with Crippen LogP contribution in [0.25, 0.3) is 11.1 Å². The van der Waals surface area contributed by atoms with E-state index >= 15 is 0 Å². The molecule has 88 valence electrons. The number of aliphatic hydroxyl groups excluding tert-OH is 1. The van der Waals surface area contributed by atoms with E-state index in [0.29, 0.717) is 5.75 Å². The lowest BCUT2D eigenvalue weighted by molar-refractivity contribution is 0.197. The van der Waals surface area contributed by atoms with Crippen LogP contribution in [0.1, 0.15) is 0 Å². The van der Waals surface area contributed by atoms with E-state index in [1.807, 2.05) is 42.5 Å². The second-order valence-corrected chi connectivity index (χ2v) is 3.59. The molecular formula is C14H14O3. The number of aliphatic hydroxyl groups is 1. The normalized spacial score (nSPS) is 10.2. The molecule has 0 heterocycles. The van der Waals surface area contributed by atoms with Crippen molar-refractivity contribution in [2.75, 3.05) is 13.2 Å². The first-order chi connectivity index (χ1) is 8.33. The third-order valence-corrected chi connectivity index (χ3v) is 2.43. The van der Waals surface area contributed by atoms with Crippen LogP contribution in [0.3, 0.4) is 0 Å². The standard InChI is InChI=1S/C14H14O3/c15-9-10-17-13-8-4-7-12(14(13)16)11-5-2-1-3-6-11/h1-8,15-16H,9-10H2. The highest BCUT2D eigenvalue weighted by atomic mass is 16.5. The van der Waals surface area contributed by atoms with Crippen molar-refractivity contribution in [1.29, 1.82) is 0 Å². The summed E-state index contributed by atoms with van der Waals surface area (Å²) in [5.74, 6) is 0.493. The molecule has 2 rings (SSSR count). The van der Waals surface area contributed by atoms with Crippen LogP contribution in [-0.2, 0) is 0 Å². The number of para-hydroxylation sites is 1. The van der Waals surface area contributed by atoms with Gasteiger partial charge in [-0.1, -0.05) is 42.5 Å². The largest absolute Gasteiger partial charge is 0.504 e. The van der Waals surface area contributed by atoms with Gasteiger partial charge in [0, 0.05) is 5.56 Å². The second kappa shape index (κ2) is 5.37. The van der Waals surface area contributed by atoms with Gasteiger partial charge in [-0.25, -0.2) is 0 Å². The highest BCUT2D eigenvalue weighted by Gasteiger charge is 2.09. The Morgan fingerprint density at radius 2 is 1.71 bits per heavy atom. The Bertz CT molecular complexity index is 480. The van der Waals surface area contributed by atoms with Gasteiger partial charge >= 0.3 is 0 Å². The van der Waals surface area contributed by atoms with Crippen molar-refractivity contribution in [2.45, 2.75) is 0 Å². The molecule has 0 fully saturated rings. The summed E-state index contributed by atoms with van der Waals surface area (Å²) in [5.41, 5.74) is 1.65. The summed E-state index contributed by atoms with van der Waals surface area (Å²) in [4.78, 5) is 0. The first-order valence-electron chi connectivity index (χ1n) is 5.44. The topological polar surface area (TPSA) is 49.7 Å². The SMILES string of the molecule is OCCOc1cccc(-c2ccccc2)c1O. The lowest BCUT2D eigenvalue weighted by atomic mass is 10.0. The summed E-state index contributed by atoms with van der Waals surface area (Å²) < 4.78 is 5.25. The molecule has 17 heavy (non-hydrogen) atoms. The molecule has 0 amide bonds. The van der Waals surface area contributed by atoms with Gasteiger partial charge in [-0.2, -0.15) is 0 Å². The average molecular weight is 230 g/mol. The molecule has 3 heteroatoms. The summed E-state index contributed by atoms with van der Waals surface area (Å²) in [6.07, 6.45) is 0. The molecule has 2 aromatic rings. The number of benzene rings is 2. The molecule has 0 radical (unpaired) electrons. The lowest BCUT2D eigenvalue weighted by Crippen LogP contribution is -2.01. The lowest BCUT2D eigenvalue weighted by Gasteiger charge is -2.10. The zero-order valence-corrected chi connectivity index (χ0v) is 9.34. The van der Waals surface area contributed by atoms with Gasteiger partial charge in [0.1, 0.15) is 6.61 Å². The molecule has 3 nitrogen and oxygen atoms in total. The van der Waals surface area contributed by atoms with Crippen molar-refractivity contribution in [2.24, 2.45) is 0 Å². The van der Waals surface area contributed by atoms with Crippen molar-refractivity contribution in [3.63, 3.8) is 0 Å². The number of rotatable bonds is 4. The Morgan fingerprint density at radius 3 is 2.41 bits per heavy atom. The minimum atomic E-state index is -0.0744. The quantitative estimate of drug-likeness (QED) is 0.848. The van der Waals surface area contributed by atoms with Crippen LogP contribution in [0.2, 0.25) is 0 Å². The van der Waals surface area contributed by atoms with Crippen LogP contribution >= 0.6 is 0 Å². The Labute approximate surface area is 99.9 Å². The Morgan fingerprint density at radius 1 is 0.941 bits per heavy atom. The first-order valence-corrected chi connectivity index (χ1v) is 5.44. The first kappa shape index (κ1) is 11.5. The number of hydrogen-bond acceptors (Lipinski definition) is 3. The van der Waals surface area contributed by atoms with Crippen molar-refractivity contribution >= 4 is 0 Å². The number of phenolic OH excluding ortho intramolecular Hbond substituents is 1. The molecule has 0 saturated carbocycles. The van der Waals surface area contributed by atoms with Gasteiger partial charge in [-0.05, 0) is 11.6 Å². The maximum Gasteiger partial charge on any atom is 0.165 e. The Balaban J connectivity index is 2.36. The maximum absolute atomic E-state index is 10.1. The monoisotopic (exact) mass is 230 g/mol. The van der Waals surface area contributed by atoms with Crippen LogP contribution in [0, 0.1) is 0 Å². The van der Waals surface area contributed by atoms with Crippen molar-refractivity contribution in [3.8, 4) is 22.6 Å². The number of phenols is 1. The molecule has 0 aliphatic heterocycles. The molecule has 0 atom stereocenters. The van der Waals surface area contributed by atoms with E-state index in [9.17, 15) is 5.11 Å². The van der Waals surface area contributed by atoms with Crippen molar-refractivity contribution in [1.82, 2.24) is 0 Å². The molecule has 0 aromatic heterocycles. The van der Waals surface area contributed by atoms with Gasteiger partial charge < -0.3 is 14.9 Å². The highest BCUT2D eigenvalue weighted by molar-refractivity contribution is 5.73. The smallest absolute Gasteiger partial charge is 0.165 e. The average Bonchev–Trinajstić information content (AvgIpc) is 2.39. The summed E-state index contributed by atoms with van der Waals surface area (Å²) >= 11 is 0. The van der Waals surface area contributed by atoms with Crippen LogP contribution < -0.4 is 4.74 Å². The fourth-order valence-corrected chi connectivity index (χ4v) is 1.65. The van der Waals surface area contributed by atoms with Crippen LogP contribution in [-0.4, -0.2) is 23.4 Å². The third kappa shape index (κ3) is 2.57. The van der Waals surface area contributed by atoms with Crippen LogP contribution in [0.4, 0.5) is 0 Å². The van der Waals surface area contributed by atoms with E-state index in [-0.39, 0.29) is 19.0 Å². The molecule has 2 N–H and O–H groups in total. The van der Waals surface area contributed by atoms with Crippen LogP contribution in [0.5, 0.6) is 11.5 Å². The van der Waals surface area contributed by atoms with Crippen LogP contribution in [0.15, 0.2) is 48.5 Å². The predicted octanol–water partition coefficient (Wildman–Crippen LogP) is 2.43. The van der Waals surface area contributed by atoms with E-state index in [0.717, 1.165) is 11.1 Å². The molecular weight excluding hydrogens is 216 g/mol. The Hall–Kier alpha value is -2.00. The summed E-state index contributed by atoms with van der Waals surface area (Å²) in [5, 5.41) is 18.8. The van der Waals surface area contributed by atoms with Gasteiger partial charge in [-0.15, -0.1) is 0 Å². The fraction of sp³-hybridized carbons (Fsp3) is 0.143. The summed E-state index contributed by atoms with van der Waals surface area (Å²) in [6, 6.07) is 14.9. The van der Waals surface area contributed by atoms with E-state index < -0.39 is 0 Å². The summed E-state index contributed by atoms with van der Waals surface area (Å²) in [7, 11) is 0. The fourth-order valence-electron chi connectivity index (χ4n) is 1.65. The van der Waals surface area contributed by atoms with Crippen molar-refractivity contribution < 1.29 is 14.9 Å². The molecule has 2 aromatic carbocycles. The zero-order valence-electron chi connectivity index (χ0n) is 9.34. The second-order valence-electron chi connectivity index (χ2n) is 3.59. The molecule has 0 spiro atoms. The van der Waals surface area contributed by atoms with E-state index in [2.05, 4.69) is 0 Å². The third-order valence-electron chi connectivity index (χ3n) is 2.43. The number of aromatic hydroxyl groups is 1. The summed E-state index contributed by atoms with van der Waals surface area (Å²) in [6.45, 7) is 0.0980. The molecule has 0 saturated heterocycles. The predicted molar refractivity (Wildman–Crippen MR) is 66.1 cm³/mol. The van der Waals surface area contributed by atoms with E-state index in [1.54, 1.807) is 6.07 Å². The molecule has 0 bridgehead atoms.